The van der Waals surface area contributed by atoms with E-state index in [0.717, 1.165) is 35.8 Å². The Hall–Kier alpha value is -1.59. The van der Waals surface area contributed by atoms with Crippen LogP contribution in [0.2, 0.25) is 0 Å². The first kappa shape index (κ1) is 14.8. The van der Waals surface area contributed by atoms with Gasteiger partial charge in [0.25, 0.3) is 0 Å². The minimum absolute atomic E-state index is 0.465. The molecular weight excluding hydrogens is 272 g/mol. The van der Waals surface area contributed by atoms with E-state index in [2.05, 4.69) is 23.3 Å². The molecule has 0 unspecified atom stereocenters. The normalized spacial score (nSPS) is 10.5. The van der Waals surface area contributed by atoms with Gasteiger partial charge >= 0.3 is 0 Å². The van der Waals surface area contributed by atoms with Crippen LogP contribution in [-0.2, 0) is 13.2 Å². The molecule has 0 atom stereocenters. The molecule has 0 spiro atoms. The van der Waals surface area contributed by atoms with Gasteiger partial charge < -0.3 is 14.8 Å². The highest BCUT2D eigenvalue weighted by atomic mass is 32.1. The molecule has 0 bridgehead atoms. The van der Waals surface area contributed by atoms with Gasteiger partial charge in [-0.25, -0.2) is 4.98 Å². The molecule has 0 fully saturated rings. The predicted molar refractivity (Wildman–Crippen MR) is 81.4 cm³/mol. The molecule has 0 aliphatic carbocycles. The van der Waals surface area contributed by atoms with Crippen molar-refractivity contribution in [3.8, 4) is 11.5 Å². The Balaban J connectivity index is 2.16. The Morgan fingerprint density at radius 1 is 1.25 bits per heavy atom. The molecule has 4 nitrogen and oxygen atoms in total. The molecule has 2 rings (SSSR count). The molecule has 1 aromatic heterocycles. The van der Waals surface area contributed by atoms with E-state index in [0.29, 0.717) is 13.2 Å². The van der Waals surface area contributed by atoms with Gasteiger partial charge in [0.1, 0.15) is 6.61 Å². The first-order valence-corrected chi connectivity index (χ1v) is 7.74. The van der Waals surface area contributed by atoms with Crippen LogP contribution in [0.25, 0.3) is 0 Å². The summed E-state index contributed by atoms with van der Waals surface area (Å²) in [5.74, 6) is 1.60. The summed E-state index contributed by atoms with van der Waals surface area (Å²) in [7, 11) is 0. The number of hydrogen-bond acceptors (Lipinski definition) is 5. The van der Waals surface area contributed by atoms with E-state index in [1.54, 1.807) is 11.3 Å². The van der Waals surface area contributed by atoms with Crippen LogP contribution < -0.4 is 14.8 Å². The molecule has 0 aliphatic rings. The van der Waals surface area contributed by atoms with Gasteiger partial charge in [-0.2, -0.15) is 0 Å². The zero-order valence-corrected chi connectivity index (χ0v) is 12.7. The smallest absolute Gasteiger partial charge is 0.166 e. The summed E-state index contributed by atoms with van der Waals surface area (Å²) in [5.41, 5.74) is 3.86. The first-order valence-electron chi connectivity index (χ1n) is 6.80. The van der Waals surface area contributed by atoms with Crippen LogP contribution in [-0.4, -0.2) is 18.1 Å². The molecule has 0 saturated heterocycles. The van der Waals surface area contributed by atoms with Gasteiger partial charge in [0, 0.05) is 17.5 Å². The SMILES string of the molecule is CCNCc1cccc(OCC)c1OCc1cscn1. The highest BCUT2D eigenvalue weighted by molar-refractivity contribution is 7.07. The maximum atomic E-state index is 5.94. The summed E-state index contributed by atoms with van der Waals surface area (Å²) < 4.78 is 11.6. The van der Waals surface area contributed by atoms with E-state index >= 15 is 0 Å². The molecule has 0 aliphatic heterocycles. The molecule has 1 heterocycles. The molecule has 20 heavy (non-hydrogen) atoms. The number of nitrogens with zero attached hydrogens (tertiary/aromatic N) is 1. The number of rotatable bonds is 8. The second-order valence-electron chi connectivity index (χ2n) is 4.23. The highest BCUT2D eigenvalue weighted by Gasteiger charge is 2.11. The van der Waals surface area contributed by atoms with Crippen molar-refractivity contribution in [1.29, 1.82) is 0 Å². The third kappa shape index (κ3) is 3.95. The van der Waals surface area contributed by atoms with Crippen molar-refractivity contribution in [2.75, 3.05) is 13.2 Å². The van der Waals surface area contributed by atoms with Gasteiger partial charge in [0.05, 0.1) is 17.8 Å². The topological polar surface area (TPSA) is 43.4 Å². The minimum atomic E-state index is 0.465. The monoisotopic (exact) mass is 292 g/mol. The van der Waals surface area contributed by atoms with Crippen molar-refractivity contribution in [1.82, 2.24) is 10.3 Å². The standard InChI is InChI=1S/C15H20N2O2S/c1-3-16-8-12-6-5-7-14(18-4-2)15(12)19-9-13-10-20-11-17-13/h5-7,10-11,16H,3-4,8-9H2,1-2H3. The fourth-order valence-corrected chi connectivity index (χ4v) is 2.39. The largest absolute Gasteiger partial charge is 0.490 e. The number of ether oxygens (including phenoxy) is 2. The molecular formula is C15H20N2O2S. The van der Waals surface area contributed by atoms with Gasteiger partial charge in [-0.1, -0.05) is 19.1 Å². The van der Waals surface area contributed by atoms with Crippen molar-refractivity contribution in [3.63, 3.8) is 0 Å². The Labute approximate surface area is 123 Å². The van der Waals surface area contributed by atoms with Gasteiger partial charge in [-0.05, 0) is 19.5 Å². The molecule has 1 N–H and O–H groups in total. The predicted octanol–water partition coefficient (Wildman–Crippen LogP) is 3.23. The van der Waals surface area contributed by atoms with Gasteiger partial charge in [0.15, 0.2) is 11.5 Å². The van der Waals surface area contributed by atoms with Crippen molar-refractivity contribution in [2.45, 2.75) is 27.0 Å². The van der Waals surface area contributed by atoms with Crippen molar-refractivity contribution >= 4 is 11.3 Å². The van der Waals surface area contributed by atoms with Crippen LogP contribution in [0.3, 0.4) is 0 Å². The lowest BCUT2D eigenvalue weighted by Gasteiger charge is -2.15. The van der Waals surface area contributed by atoms with E-state index in [4.69, 9.17) is 9.47 Å². The first-order chi connectivity index (χ1) is 9.85. The molecule has 108 valence electrons. The van der Waals surface area contributed by atoms with Crippen LogP contribution >= 0.6 is 11.3 Å². The number of aromatic nitrogens is 1. The maximum absolute atomic E-state index is 5.94. The van der Waals surface area contributed by atoms with Gasteiger partial charge in [-0.15, -0.1) is 11.3 Å². The summed E-state index contributed by atoms with van der Waals surface area (Å²) in [6.07, 6.45) is 0. The number of hydrogen-bond donors (Lipinski definition) is 1. The van der Waals surface area contributed by atoms with Crippen molar-refractivity contribution < 1.29 is 9.47 Å². The van der Waals surface area contributed by atoms with E-state index in [1.165, 1.54) is 0 Å². The summed E-state index contributed by atoms with van der Waals surface area (Å²) in [6, 6.07) is 5.99. The van der Waals surface area contributed by atoms with Crippen LogP contribution in [0.5, 0.6) is 11.5 Å². The van der Waals surface area contributed by atoms with Crippen LogP contribution in [0, 0.1) is 0 Å². The molecule has 5 heteroatoms. The third-order valence-electron chi connectivity index (χ3n) is 2.77. The maximum Gasteiger partial charge on any atom is 0.166 e. The summed E-state index contributed by atoms with van der Waals surface area (Å²) >= 11 is 1.57. The summed E-state index contributed by atoms with van der Waals surface area (Å²) in [6.45, 7) is 6.84. The zero-order valence-electron chi connectivity index (χ0n) is 11.9. The molecule has 2 aromatic rings. The quantitative estimate of drug-likeness (QED) is 0.811. The molecule has 0 radical (unpaired) electrons. The van der Waals surface area contributed by atoms with Crippen molar-refractivity contribution in [3.05, 3.63) is 40.3 Å². The Morgan fingerprint density at radius 3 is 2.85 bits per heavy atom. The molecule has 0 amide bonds. The van der Waals surface area contributed by atoms with Crippen LogP contribution in [0.4, 0.5) is 0 Å². The fourth-order valence-electron chi connectivity index (χ4n) is 1.85. The van der Waals surface area contributed by atoms with Crippen molar-refractivity contribution in [2.24, 2.45) is 0 Å². The number of para-hydroxylation sites is 1. The van der Waals surface area contributed by atoms with E-state index in [-0.39, 0.29) is 0 Å². The van der Waals surface area contributed by atoms with Gasteiger partial charge in [0.2, 0.25) is 0 Å². The molecule has 0 saturated carbocycles. The van der Waals surface area contributed by atoms with Gasteiger partial charge in [-0.3, -0.25) is 0 Å². The lowest BCUT2D eigenvalue weighted by Crippen LogP contribution is -2.13. The average molecular weight is 292 g/mol. The zero-order chi connectivity index (χ0) is 14.2. The second-order valence-corrected chi connectivity index (χ2v) is 4.94. The highest BCUT2D eigenvalue weighted by Crippen LogP contribution is 2.32. The Morgan fingerprint density at radius 2 is 2.15 bits per heavy atom. The van der Waals surface area contributed by atoms with E-state index in [1.807, 2.05) is 29.9 Å². The number of thiazole rings is 1. The minimum Gasteiger partial charge on any atom is -0.490 e. The lowest BCUT2D eigenvalue weighted by molar-refractivity contribution is 0.264. The third-order valence-corrected chi connectivity index (χ3v) is 3.41. The molecule has 1 aromatic carbocycles. The second kappa shape index (κ2) is 7.87. The Kier molecular flexibility index (Phi) is 5.83. The average Bonchev–Trinajstić information content (AvgIpc) is 2.97. The van der Waals surface area contributed by atoms with E-state index < -0.39 is 0 Å². The summed E-state index contributed by atoms with van der Waals surface area (Å²) in [5, 5.41) is 5.31. The number of benzene rings is 1. The Bertz CT molecular complexity index is 515. The van der Waals surface area contributed by atoms with Crippen LogP contribution in [0.1, 0.15) is 25.1 Å². The number of nitrogens with one attached hydrogen (secondary N) is 1. The fraction of sp³-hybridized carbons (Fsp3) is 0.400. The lowest BCUT2D eigenvalue weighted by atomic mass is 10.2. The van der Waals surface area contributed by atoms with Crippen LogP contribution in [0.15, 0.2) is 29.1 Å². The van der Waals surface area contributed by atoms with E-state index in [9.17, 15) is 0 Å². The summed E-state index contributed by atoms with van der Waals surface area (Å²) in [4.78, 5) is 4.24.